The molecule has 152 valence electrons. The van der Waals surface area contributed by atoms with E-state index in [1.807, 2.05) is 6.07 Å². The van der Waals surface area contributed by atoms with E-state index in [-0.39, 0.29) is 23.1 Å². The summed E-state index contributed by atoms with van der Waals surface area (Å²) >= 11 is 1.30. The third kappa shape index (κ3) is 4.72. The van der Waals surface area contributed by atoms with Gasteiger partial charge in [0.05, 0.1) is 5.51 Å². The van der Waals surface area contributed by atoms with E-state index in [9.17, 15) is 12.8 Å². The van der Waals surface area contributed by atoms with Crippen molar-refractivity contribution in [2.45, 2.75) is 24.4 Å². The molecule has 2 aromatic heterocycles. The molecule has 0 atom stereocenters. The number of likely N-dealkylation sites (tertiary alicyclic amines) is 1. The Labute approximate surface area is 172 Å². The summed E-state index contributed by atoms with van der Waals surface area (Å²) in [6, 6.07) is 8.12. The topological polar surface area (TPSA) is 87.2 Å². The normalized spacial score (nSPS) is 14.4. The maximum absolute atomic E-state index is 14.4. The lowest BCUT2D eigenvalue weighted by atomic mass is 10.0. The smallest absolute Gasteiger partial charge is 0.264 e. The van der Waals surface area contributed by atoms with Gasteiger partial charge in [-0.15, -0.1) is 11.3 Å². The van der Waals surface area contributed by atoms with Crippen molar-refractivity contribution in [3.8, 4) is 0 Å². The number of pyridine rings is 1. The van der Waals surface area contributed by atoms with E-state index in [1.54, 1.807) is 23.0 Å². The fourth-order valence-electron chi connectivity index (χ4n) is 3.01. The zero-order valence-electron chi connectivity index (χ0n) is 15.5. The molecule has 3 heterocycles. The first-order valence-corrected chi connectivity index (χ1v) is 11.5. The number of rotatable bonds is 8. The molecule has 1 saturated heterocycles. The first-order chi connectivity index (χ1) is 14.0. The van der Waals surface area contributed by atoms with Gasteiger partial charge in [0.15, 0.2) is 5.82 Å². The predicted molar refractivity (Wildman–Crippen MR) is 111 cm³/mol. The van der Waals surface area contributed by atoms with Gasteiger partial charge in [-0.25, -0.2) is 22.8 Å². The second-order valence-corrected chi connectivity index (χ2v) is 9.12. The summed E-state index contributed by atoms with van der Waals surface area (Å²) < 4.78 is 41.5. The third-order valence-electron chi connectivity index (χ3n) is 4.72. The number of hydrogen-bond donors (Lipinski definition) is 2. The molecule has 1 fully saturated rings. The molecule has 10 heteroatoms. The highest BCUT2D eigenvalue weighted by molar-refractivity contribution is 7.92. The molecule has 0 bridgehead atoms. The average molecular weight is 434 g/mol. The van der Waals surface area contributed by atoms with Crippen LogP contribution in [0.2, 0.25) is 0 Å². The van der Waals surface area contributed by atoms with Gasteiger partial charge in [-0.05, 0) is 43.3 Å². The summed E-state index contributed by atoms with van der Waals surface area (Å²) in [5, 5.41) is 4.68. The Hall–Kier alpha value is -2.56. The second-order valence-electron chi connectivity index (χ2n) is 6.72. The van der Waals surface area contributed by atoms with Crippen molar-refractivity contribution >= 4 is 33.0 Å². The van der Waals surface area contributed by atoms with Gasteiger partial charge in [0, 0.05) is 30.2 Å². The van der Waals surface area contributed by atoms with Gasteiger partial charge in [-0.1, -0.05) is 12.1 Å². The van der Waals surface area contributed by atoms with E-state index in [0.29, 0.717) is 11.4 Å². The zero-order valence-corrected chi connectivity index (χ0v) is 17.1. The van der Waals surface area contributed by atoms with Gasteiger partial charge >= 0.3 is 0 Å². The molecule has 3 aromatic rings. The van der Waals surface area contributed by atoms with Gasteiger partial charge < -0.3 is 5.32 Å². The first-order valence-electron chi connectivity index (χ1n) is 9.11. The van der Waals surface area contributed by atoms with Crippen LogP contribution < -0.4 is 10.0 Å². The molecule has 1 aliphatic heterocycles. The molecular weight excluding hydrogens is 413 g/mol. The molecule has 4 rings (SSSR count). The molecule has 7 nitrogen and oxygen atoms in total. The Balaban J connectivity index is 1.43. The molecule has 1 aliphatic rings. The molecule has 29 heavy (non-hydrogen) atoms. The lowest BCUT2D eigenvalue weighted by Gasteiger charge is -2.31. The van der Waals surface area contributed by atoms with Crippen LogP contribution in [0.15, 0.2) is 52.3 Å². The highest BCUT2D eigenvalue weighted by Crippen LogP contribution is 2.21. The van der Waals surface area contributed by atoms with Crippen LogP contribution in [-0.2, 0) is 23.1 Å². The second kappa shape index (κ2) is 8.44. The maximum atomic E-state index is 14.4. The van der Waals surface area contributed by atoms with Crippen molar-refractivity contribution in [1.82, 2.24) is 14.9 Å². The van der Waals surface area contributed by atoms with Crippen molar-refractivity contribution in [3.05, 3.63) is 64.4 Å². The lowest BCUT2D eigenvalue weighted by Crippen LogP contribution is -2.36. The third-order valence-corrected chi connectivity index (χ3v) is 6.65. The Morgan fingerprint density at radius 1 is 1.14 bits per heavy atom. The predicted octanol–water partition coefficient (Wildman–Crippen LogP) is 3.30. The Morgan fingerprint density at radius 2 is 2.00 bits per heavy atom. The summed E-state index contributed by atoms with van der Waals surface area (Å²) in [6.07, 6.45) is 2.44. The molecule has 0 saturated carbocycles. The van der Waals surface area contributed by atoms with E-state index in [4.69, 9.17) is 0 Å². The number of nitrogens with one attached hydrogen (secondary N) is 2. The first kappa shape index (κ1) is 19.7. The van der Waals surface area contributed by atoms with E-state index >= 15 is 0 Å². The number of benzene rings is 1. The van der Waals surface area contributed by atoms with Crippen molar-refractivity contribution in [3.63, 3.8) is 0 Å². The van der Waals surface area contributed by atoms with Crippen LogP contribution in [0.1, 0.15) is 17.5 Å². The minimum atomic E-state index is -3.75. The van der Waals surface area contributed by atoms with Gasteiger partial charge in [0.2, 0.25) is 0 Å². The Bertz CT molecular complexity index is 1070. The Morgan fingerprint density at radius 3 is 2.66 bits per heavy atom. The number of nitrogens with zero attached hydrogens (tertiary/aromatic N) is 3. The zero-order chi connectivity index (χ0) is 20.3. The fourth-order valence-corrected chi connectivity index (χ4v) is 4.51. The molecule has 2 N–H and O–H groups in total. The largest absolute Gasteiger partial charge is 0.366 e. The van der Waals surface area contributed by atoms with E-state index < -0.39 is 10.0 Å². The van der Waals surface area contributed by atoms with Crippen LogP contribution in [-0.4, -0.2) is 36.4 Å². The van der Waals surface area contributed by atoms with Crippen LogP contribution in [0, 0.1) is 5.82 Å². The number of sulfonamides is 1. The van der Waals surface area contributed by atoms with Gasteiger partial charge in [0.1, 0.15) is 16.5 Å². The minimum Gasteiger partial charge on any atom is -0.366 e. The summed E-state index contributed by atoms with van der Waals surface area (Å²) in [6.45, 7) is 3.07. The van der Waals surface area contributed by atoms with Crippen LogP contribution >= 0.6 is 11.3 Å². The van der Waals surface area contributed by atoms with E-state index in [1.165, 1.54) is 36.1 Å². The summed E-state index contributed by atoms with van der Waals surface area (Å²) in [5.41, 5.74) is 3.09. The number of halogens is 1. The molecule has 0 radical (unpaired) electrons. The van der Waals surface area contributed by atoms with Crippen molar-refractivity contribution in [2.75, 3.05) is 23.1 Å². The molecule has 0 unspecified atom stereocenters. The molecule has 1 aromatic carbocycles. The SMILES string of the molecule is O=S(=O)(Nc1cscn1)c1ccc(NCc2c(F)cccc2CN2CCC2)nc1. The Kier molecular flexibility index (Phi) is 5.74. The molecule has 0 aliphatic carbocycles. The van der Waals surface area contributed by atoms with Crippen molar-refractivity contribution in [1.29, 1.82) is 0 Å². The quantitative estimate of drug-likeness (QED) is 0.567. The maximum Gasteiger partial charge on any atom is 0.264 e. The molecular formula is C19H20FN5O2S2. The van der Waals surface area contributed by atoms with Crippen molar-refractivity contribution < 1.29 is 12.8 Å². The van der Waals surface area contributed by atoms with Crippen LogP contribution in [0.5, 0.6) is 0 Å². The fraction of sp³-hybridized carbons (Fsp3) is 0.263. The van der Waals surface area contributed by atoms with E-state index in [0.717, 1.165) is 25.2 Å². The van der Waals surface area contributed by atoms with Crippen molar-refractivity contribution in [2.24, 2.45) is 0 Å². The van der Waals surface area contributed by atoms with Gasteiger partial charge in [-0.3, -0.25) is 9.62 Å². The van der Waals surface area contributed by atoms with E-state index in [2.05, 4.69) is 24.9 Å². The average Bonchev–Trinajstić information content (AvgIpc) is 3.16. The number of aromatic nitrogens is 2. The van der Waals surface area contributed by atoms with Crippen LogP contribution in [0.4, 0.5) is 16.0 Å². The summed E-state index contributed by atoms with van der Waals surface area (Å²) in [4.78, 5) is 10.4. The highest BCUT2D eigenvalue weighted by Gasteiger charge is 2.18. The minimum absolute atomic E-state index is 0.0282. The number of hydrogen-bond acceptors (Lipinski definition) is 7. The standard InChI is InChI=1S/C19H20FN5O2S2/c20-17-4-1-3-14(11-25-7-2-8-25)16(17)10-22-18-6-5-15(9-21-18)29(26,27)24-19-12-28-13-23-19/h1,3-6,9,12-13,24H,2,7-8,10-11H2,(H,21,22). The molecule has 0 spiro atoms. The summed E-state index contributed by atoms with van der Waals surface area (Å²) in [7, 11) is -3.75. The highest BCUT2D eigenvalue weighted by atomic mass is 32.2. The lowest BCUT2D eigenvalue weighted by molar-refractivity contribution is 0.172. The monoisotopic (exact) mass is 433 g/mol. The number of thiazole rings is 1. The summed E-state index contributed by atoms with van der Waals surface area (Å²) in [5.74, 6) is 0.476. The van der Waals surface area contributed by atoms with Crippen LogP contribution in [0.3, 0.4) is 0 Å². The van der Waals surface area contributed by atoms with Gasteiger partial charge in [0.25, 0.3) is 10.0 Å². The van der Waals surface area contributed by atoms with Gasteiger partial charge in [-0.2, -0.15) is 0 Å². The number of anilines is 2. The van der Waals surface area contributed by atoms with Crippen LogP contribution in [0.25, 0.3) is 0 Å². The molecule has 0 amide bonds.